The zero-order valence-electron chi connectivity index (χ0n) is 22.4. The van der Waals surface area contributed by atoms with Crippen molar-refractivity contribution in [2.75, 3.05) is 17.4 Å². The van der Waals surface area contributed by atoms with Crippen molar-refractivity contribution in [3.8, 4) is 0 Å². The summed E-state index contributed by atoms with van der Waals surface area (Å²) in [6, 6.07) is 18.9. The molecule has 2 amide bonds. The normalized spacial score (nSPS) is 12.2. The highest BCUT2D eigenvalue weighted by Crippen LogP contribution is 2.33. The topological polar surface area (TPSA) is 86.8 Å². The molecule has 0 heterocycles. The Morgan fingerprint density at radius 2 is 1.56 bits per heavy atom. The maximum Gasteiger partial charge on any atom is 0.264 e. The van der Waals surface area contributed by atoms with Gasteiger partial charge in [0.2, 0.25) is 11.8 Å². The van der Waals surface area contributed by atoms with Gasteiger partial charge in [-0.2, -0.15) is 0 Å². The Kier molecular flexibility index (Phi) is 10.4. The molecule has 3 aromatic rings. The van der Waals surface area contributed by atoms with Crippen LogP contribution in [0.3, 0.4) is 0 Å². The molecule has 0 unspecified atom stereocenters. The first kappa shape index (κ1) is 30.5. The largest absolute Gasteiger partial charge is 0.354 e. The highest BCUT2D eigenvalue weighted by Gasteiger charge is 2.33. The van der Waals surface area contributed by atoms with Crippen LogP contribution in [0.25, 0.3) is 0 Å². The molecule has 3 rings (SSSR count). The van der Waals surface area contributed by atoms with Crippen LogP contribution in [-0.4, -0.2) is 44.3 Å². The third-order valence-corrected chi connectivity index (χ3v) is 8.44. The third-order valence-electron chi connectivity index (χ3n) is 6.11. The van der Waals surface area contributed by atoms with Crippen LogP contribution in [0, 0.1) is 12.8 Å². The van der Waals surface area contributed by atoms with Crippen LogP contribution in [0.15, 0.2) is 77.7 Å². The molecule has 1 atom stereocenters. The van der Waals surface area contributed by atoms with E-state index in [1.807, 2.05) is 45.0 Å². The van der Waals surface area contributed by atoms with Crippen LogP contribution in [0.2, 0.25) is 10.0 Å². The molecule has 0 aromatic heterocycles. The fourth-order valence-corrected chi connectivity index (χ4v) is 5.72. The van der Waals surface area contributed by atoms with Gasteiger partial charge in [-0.3, -0.25) is 13.9 Å². The molecule has 10 heteroatoms. The second-order valence-corrected chi connectivity index (χ2v) is 12.4. The van der Waals surface area contributed by atoms with E-state index in [2.05, 4.69) is 5.32 Å². The first-order valence-corrected chi connectivity index (χ1v) is 14.7. The molecule has 0 aliphatic carbocycles. The summed E-state index contributed by atoms with van der Waals surface area (Å²) >= 11 is 12.6. The van der Waals surface area contributed by atoms with E-state index < -0.39 is 28.5 Å². The molecule has 0 bridgehead atoms. The molecule has 0 aliphatic heterocycles. The zero-order valence-corrected chi connectivity index (χ0v) is 24.7. The van der Waals surface area contributed by atoms with Crippen LogP contribution in [0.1, 0.15) is 31.9 Å². The number of benzene rings is 3. The number of nitrogens with zero attached hydrogens (tertiary/aromatic N) is 2. The lowest BCUT2D eigenvalue weighted by molar-refractivity contribution is -0.139. The average molecular weight is 591 g/mol. The summed E-state index contributed by atoms with van der Waals surface area (Å²) in [5.41, 5.74) is 1.92. The molecule has 0 aliphatic rings. The number of carbonyl (C=O) groups excluding carboxylic acids is 2. The summed E-state index contributed by atoms with van der Waals surface area (Å²) in [7, 11) is -4.23. The van der Waals surface area contributed by atoms with E-state index in [4.69, 9.17) is 23.2 Å². The van der Waals surface area contributed by atoms with Crippen LogP contribution < -0.4 is 9.62 Å². The van der Waals surface area contributed by atoms with Gasteiger partial charge in [0.15, 0.2) is 0 Å². The summed E-state index contributed by atoms with van der Waals surface area (Å²) in [4.78, 5) is 28.3. The number of rotatable bonds is 11. The minimum Gasteiger partial charge on any atom is -0.354 e. The monoisotopic (exact) mass is 589 g/mol. The predicted molar refractivity (Wildman–Crippen MR) is 156 cm³/mol. The third kappa shape index (κ3) is 7.97. The summed E-state index contributed by atoms with van der Waals surface area (Å²) in [6.07, 6.45) is 0. The Balaban J connectivity index is 2.03. The molecule has 1 N–H and O–H groups in total. The van der Waals surface area contributed by atoms with Gasteiger partial charge < -0.3 is 10.2 Å². The molecule has 0 saturated heterocycles. The standard InChI is InChI=1S/C29H33Cl2N3O4S/c1-20(2)17-32-29(36)22(4)33(18-23-12-10-21(3)11-13-23)28(35)19-34(27-16-24(30)14-15-26(27)31)39(37,38)25-8-6-5-7-9-25/h5-16,20,22H,17-19H2,1-4H3,(H,32,36)/t22-/m0/s1. The van der Waals surface area contributed by atoms with Crippen molar-refractivity contribution in [3.05, 3.63) is 94.0 Å². The molecule has 0 saturated carbocycles. The fraction of sp³-hybridized carbons (Fsp3) is 0.310. The highest BCUT2D eigenvalue weighted by molar-refractivity contribution is 7.92. The quantitative estimate of drug-likeness (QED) is 0.311. The molecule has 0 spiro atoms. The Morgan fingerprint density at radius 1 is 0.923 bits per heavy atom. The molecule has 7 nitrogen and oxygen atoms in total. The van der Waals surface area contributed by atoms with E-state index in [9.17, 15) is 18.0 Å². The summed E-state index contributed by atoms with van der Waals surface area (Å²) in [6.45, 7) is 7.49. The number of hydrogen-bond donors (Lipinski definition) is 1. The van der Waals surface area contributed by atoms with Gasteiger partial charge in [0.1, 0.15) is 12.6 Å². The summed E-state index contributed by atoms with van der Waals surface area (Å²) < 4.78 is 28.6. The fourth-order valence-electron chi connectivity index (χ4n) is 3.84. The average Bonchev–Trinajstić information content (AvgIpc) is 2.91. The number of hydrogen-bond acceptors (Lipinski definition) is 4. The number of anilines is 1. The van der Waals surface area contributed by atoms with Crippen molar-refractivity contribution in [1.82, 2.24) is 10.2 Å². The smallest absolute Gasteiger partial charge is 0.264 e. The molecule has 208 valence electrons. The number of sulfonamides is 1. The SMILES string of the molecule is Cc1ccc(CN(C(=O)CN(c2cc(Cl)ccc2Cl)S(=O)(=O)c2ccccc2)[C@@H](C)C(=O)NCC(C)C)cc1. The predicted octanol–water partition coefficient (Wildman–Crippen LogP) is 5.69. The summed E-state index contributed by atoms with van der Waals surface area (Å²) in [5, 5.41) is 3.23. The van der Waals surface area contributed by atoms with Crippen molar-refractivity contribution in [2.24, 2.45) is 5.92 Å². The van der Waals surface area contributed by atoms with E-state index in [0.29, 0.717) is 6.54 Å². The Labute approximate surface area is 240 Å². The van der Waals surface area contributed by atoms with Gasteiger partial charge in [-0.1, -0.05) is 85.1 Å². The molecule has 0 fully saturated rings. The van der Waals surface area contributed by atoms with Gasteiger partial charge >= 0.3 is 0 Å². The van der Waals surface area contributed by atoms with Gasteiger partial charge in [-0.25, -0.2) is 8.42 Å². The number of nitrogens with one attached hydrogen (secondary N) is 1. The van der Waals surface area contributed by atoms with E-state index >= 15 is 0 Å². The maximum absolute atomic E-state index is 13.9. The Bertz CT molecular complexity index is 1400. The number of carbonyl (C=O) groups is 2. The van der Waals surface area contributed by atoms with Gasteiger partial charge in [0, 0.05) is 18.1 Å². The van der Waals surface area contributed by atoms with E-state index in [0.717, 1.165) is 15.4 Å². The lowest BCUT2D eigenvalue weighted by Crippen LogP contribution is -2.51. The maximum atomic E-state index is 13.9. The van der Waals surface area contributed by atoms with Crippen LogP contribution in [0.4, 0.5) is 5.69 Å². The van der Waals surface area contributed by atoms with E-state index in [1.165, 1.54) is 35.2 Å². The number of amides is 2. The first-order valence-electron chi connectivity index (χ1n) is 12.6. The van der Waals surface area contributed by atoms with Crippen molar-refractivity contribution in [1.29, 1.82) is 0 Å². The van der Waals surface area contributed by atoms with Crippen LogP contribution in [-0.2, 0) is 26.2 Å². The van der Waals surface area contributed by atoms with Crippen molar-refractivity contribution in [2.45, 2.75) is 45.2 Å². The second kappa shape index (κ2) is 13.3. The zero-order chi connectivity index (χ0) is 28.7. The van der Waals surface area contributed by atoms with Crippen LogP contribution in [0.5, 0.6) is 0 Å². The Morgan fingerprint density at radius 3 is 2.18 bits per heavy atom. The second-order valence-electron chi connectivity index (χ2n) is 9.74. The summed E-state index contributed by atoms with van der Waals surface area (Å²) in [5.74, 6) is -0.681. The lowest BCUT2D eigenvalue weighted by atomic mass is 10.1. The van der Waals surface area contributed by atoms with Crippen molar-refractivity contribution in [3.63, 3.8) is 0 Å². The van der Waals surface area contributed by atoms with Gasteiger partial charge in [-0.05, 0) is 55.7 Å². The molecule has 3 aromatic carbocycles. The number of aryl methyl sites for hydroxylation is 1. The lowest BCUT2D eigenvalue weighted by Gasteiger charge is -2.32. The molecular weight excluding hydrogens is 557 g/mol. The molecular formula is C29H33Cl2N3O4S. The molecule has 39 heavy (non-hydrogen) atoms. The highest BCUT2D eigenvalue weighted by atomic mass is 35.5. The van der Waals surface area contributed by atoms with E-state index in [1.54, 1.807) is 25.1 Å². The van der Waals surface area contributed by atoms with Crippen molar-refractivity contribution < 1.29 is 18.0 Å². The van der Waals surface area contributed by atoms with Crippen LogP contribution >= 0.6 is 23.2 Å². The first-order chi connectivity index (χ1) is 18.4. The molecule has 0 radical (unpaired) electrons. The Hall–Kier alpha value is -3.07. The van der Waals surface area contributed by atoms with Crippen molar-refractivity contribution >= 4 is 50.7 Å². The van der Waals surface area contributed by atoms with Gasteiger partial charge in [0.25, 0.3) is 10.0 Å². The van der Waals surface area contributed by atoms with Gasteiger partial charge in [0.05, 0.1) is 15.6 Å². The minimum atomic E-state index is -4.23. The minimum absolute atomic E-state index is 0.0124. The van der Waals surface area contributed by atoms with Gasteiger partial charge in [-0.15, -0.1) is 0 Å². The number of halogens is 2. The van der Waals surface area contributed by atoms with E-state index in [-0.39, 0.29) is 39.0 Å².